The molecule has 0 bridgehead atoms. The quantitative estimate of drug-likeness (QED) is 0.636. The number of piperidine rings is 1. The lowest BCUT2D eigenvalue weighted by molar-refractivity contribution is -0.227. The van der Waals surface area contributed by atoms with E-state index in [4.69, 9.17) is 9.72 Å². The normalized spacial score (nSPS) is 21.7. The molecular weight excluding hydrogens is 450 g/mol. The van der Waals surface area contributed by atoms with Gasteiger partial charge in [0.05, 0.1) is 17.7 Å². The Hall–Kier alpha value is -2.74. The van der Waals surface area contributed by atoms with E-state index in [1.54, 1.807) is 20.8 Å². The Labute approximate surface area is 205 Å². The molecule has 1 N–H and O–H groups in total. The molecule has 4 heterocycles. The fraction of sp³-hybridized carbons (Fsp3) is 0.556. The Balaban J connectivity index is 1.23. The number of halogens is 2. The largest absolute Gasteiger partial charge is 0.444 e. The van der Waals surface area contributed by atoms with Gasteiger partial charge >= 0.3 is 6.09 Å². The van der Waals surface area contributed by atoms with Crippen LogP contribution in [0.2, 0.25) is 0 Å². The molecule has 0 unspecified atom stereocenters. The smallest absolute Gasteiger partial charge is 0.410 e. The first kappa shape index (κ1) is 24.0. The van der Waals surface area contributed by atoms with E-state index in [0.29, 0.717) is 19.6 Å². The highest BCUT2D eigenvalue weighted by molar-refractivity contribution is 5.73. The van der Waals surface area contributed by atoms with E-state index in [2.05, 4.69) is 28.4 Å². The van der Waals surface area contributed by atoms with Gasteiger partial charge < -0.3 is 15.0 Å². The third kappa shape index (κ3) is 4.37. The van der Waals surface area contributed by atoms with Gasteiger partial charge in [-0.25, -0.2) is 13.6 Å². The van der Waals surface area contributed by atoms with E-state index in [1.807, 2.05) is 25.3 Å². The van der Waals surface area contributed by atoms with Crippen molar-refractivity contribution < 1.29 is 18.3 Å². The molecule has 8 heteroatoms. The van der Waals surface area contributed by atoms with Gasteiger partial charge in [-0.05, 0) is 63.8 Å². The van der Waals surface area contributed by atoms with Gasteiger partial charge in [0.25, 0.3) is 5.92 Å². The van der Waals surface area contributed by atoms with E-state index in [0.717, 1.165) is 34.7 Å². The number of nitrogens with zero attached hydrogens (tertiary/aromatic N) is 3. The van der Waals surface area contributed by atoms with Crippen molar-refractivity contribution in [3.63, 3.8) is 0 Å². The summed E-state index contributed by atoms with van der Waals surface area (Å²) in [5.74, 6) is -2.96. The molecule has 1 aromatic carbocycles. The monoisotopic (exact) mass is 484 g/mol. The lowest BCUT2D eigenvalue weighted by Gasteiger charge is -2.58. The summed E-state index contributed by atoms with van der Waals surface area (Å²) >= 11 is 0. The predicted octanol–water partition coefficient (Wildman–Crippen LogP) is 5.36. The number of amides is 1. The fourth-order valence-electron chi connectivity index (χ4n) is 5.50. The van der Waals surface area contributed by atoms with Gasteiger partial charge in [-0.3, -0.25) is 9.88 Å². The molecule has 188 valence electrons. The van der Waals surface area contributed by atoms with Crippen LogP contribution in [0.25, 0.3) is 11.3 Å². The SMILES string of the molecule is C[C@H](c1ccc(-c2cccc3c2CCN3)nc1)N1CC2(CCN(C(=O)OC(C)(C)C)CC2(F)F)C1. The van der Waals surface area contributed by atoms with Crippen molar-refractivity contribution in [2.45, 2.75) is 58.1 Å². The van der Waals surface area contributed by atoms with Gasteiger partial charge in [-0.15, -0.1) is 0 Å². The maximum atomic E-state index is 15.2. The highest BCUT2D eigenvalue weighted by Gasteiger charge is 2.63. The van der Waals surface area contributed by atoms with Crippen LogP contribution in [0.4, 0.5) is 19.3 Å². The molecule has 2 fully saturated rings. The third-order valence-electron chi connectivity index (χ3n) is 7.65. The lowest BCUT2D eigenvalue weighted by atomic mass is 9.68. The van der Waals surface area contributed by atoms with Crippen molar-refractivity contribution in [2.24, 2.45) is 5.41 Å². The molecule has 0 saturated carbocycles. The van der Waals surface area contributed by atoms with Crippen LogP contribution in [0.15, 0.2) is 36.5 Å². The second-order valence-electron chi connectivity index (χ2n) is 11.2. The highest BCUT2D eigenvalue weighted by atomic mass is 19.3. The number of pyridine rings is 1. The van der Waals surface area contributed by atoms with Crippen molar-refractivity contribution in [1.82, 2.24) is 14.8 Å². The van der Waals surface area contributed by atoms with Crippen LogP contribution in [0.5, 0.6) is 0 Å². The molecule has 2 saturated heterocycles. The Morgan fingerprint density at radius 2 is 1.94 bits per heavy atom. The fourth-order valence-corrected chi connectivity index (χ4v) is 5.50. The minimum Gasteiger partial charge on any atom is -0.444 e. The summed E-state index contributed by atoms with van der Waals surface area (Å²) in [6, 6.07) is 10.3. The molecule has 6 nitrogen and oxygen atoms in total. The summed E-state index contributed by atoms with van der Waals surface area (Å²) in [6.07, 6.45) is 2.46. The minimum atomic E-state index is -2.96. The van der Waals surface area contributed by atoms with Crippen LogP contribution in [-0.2, 0) is 11.2 Å². The molecule has 1 atom stereocenters. The first-order valence-corrected chi connectivity index (χ1v) is 12.4. The second kappa shape index (κ2) is 8.43. The van der Waals surface area contributed by atoms with Crippen molar-refractivity contribution in [2.75, 3.05) is 38.0 Å². The molecule has 3 aliphatic rings. The Kier molecular flexibility index (Phi) is 5.78. The average Bonchev–Trinajstić information content (AvgIpc) is 3.25. The number of anilines is 1. The van der Waals surface area contributed by atoms with Gasteiger partial charge in [-0.2, -0.15) is 0 Å². The summed E-state index contributed by atoms with van der Waals surface area (Å²) in [5.41, 5.74) is 3.77. The summed E-state index contributed by atoms with van der Waals surface area (Å²) in [6.45, 7) is 8.53. The van der Waals surface area contributed by atoms with Gasteiger partial charge in [-0.1, -0.05) is 18.2 Å². The number of hydrogen-bond acceptors (Lipinski definition) is 5. The Bertz CT molecular complexity index is 1110. The number of nitrogens with one attached hydrogen (secondary N) is 1. The van der Waals surface area contributed by atoms with Crippen molar-refractivity contribution in [3.05, 3.63) is 47.7 Å². The molecule has 1 amide bonds. The molecule has 2 aromatic rings. The van der Waals surface area contributed by atoms with Crippen LogP contribution >= 0.6 is 0 Å². The standard InChI is InChI=1S/C27H34F2N4O2/c1-18(19-8-9-23(31-14-19)20-6-5-7-22-21(20)10-12-30-22)33-15-26(16-33)11-13-32(17-27(26,28)29)24(34)35-25(2,3)4/h5-9,14,18,30H,10-13,15-17H2,1-4H3/t18-/m1/s1. The second-order valence-corrected chi connectivity index (χ2v) is 11.2. The number of benzene rings is 1. The van der Waals surface area contributed by atoms with Gasteiger partial charge in [0.2, 0.25) is 0 Å². The van der Waals surface area contributed by atoms with Crippen LogP contribution in [0, 0.1) is 5.41 Å². The van der Waals surface area contributed by atoms with Crippen LogP contribution in [0.1, 0.15) is 51.3 Å². The molecule has 3 aliphatic heterocycles. The van der Waals surface area contributed by atoms with Crippen molar-refractivity contribution in [1.29, 1.82) is 0 Å². The number of rotatable bonds is 3. The number of ether oxygens (including phenoxy) is 1. The number of alkyl halides is 2. The summed E-state index contributed by atoms with van der Waals surface area (Å²) in [7, 11) is 0. The van der Waals surface area contributed by atoms with Gasteiger partial charge in [0.1, 0.15) is 5.60 Å². The van der Waals surface area contributed by atoms with Crippen molar-refractivity contribution in [3.8, 4) is 11.3 Å². The number of aromatic nitrogens is 1. The number of likely N-dealkylation sites (tertiary alicyclic amines) is 2. The third-order valence-corrected chi connectivity index (χ3v) is 7.65. The first-order chi connectivity index (χ1) is 16.5. The maximum absolute atomic E-state index is 15.2. The van der Waals surface area contributed by atoms with Gasteiger partial charge in [0.15, 0.2) is 0 Å². The van der Waals surface area contributed by atoms with E-state index >= 15 is 8.78 Å². The number of carbonyl (C=O) groups is 1. The zero-order valence-electron chi connectivity index (χ0n) is 20.9. The topological polar surface area (TPSA) is 57.7 Å². The van der Waals surface area contributed by atoms with E-state index in [1.165, 1.54) is 11.3 Å². The highest BCUT2D eigenvalue weighted by Crippen LogP contribution is 2.52. The maximum Gasteiger partial charge on any atom is 0.410 e. The van der Waals surface area contributed by atoms with Crippen LogP contribution in [-0.4, -0.2) is 65.1 Å². The molecule has 0 radical (unpaired) electrons. The molecule has 35 heavy (non-hydrogen) atoms. The zero-order valence-corrected chi connectivity index (χ0v) is 20.9. The zero-order chi connectivity index (χ0) is 25.0. The molecule has 5 rings (SSSR count). The van der Waals surface area contributed by atoms with E-state index in [9.17, 15) is 4.79 Å². The Morgan fingerprint density at radius 1 is 1.17 bits per heavy atom. The van der Waals surface area contributed by atoms with E-state index < -0.39 is 29.6 Å². The van der Waals surface area contributed by atoms with Gasteiger partial charge in [0, 0.05) is 49.7 Å². The summed E-state index contributed by atoms with van der Waals surface area (Å²) in [5, 5.41) is 3.40. The lowest BCUT2D eigenvalue weighted by Crippen LogP contribution is -2.70. The predicted molar refractivity (Wildman–Crippen MR) is 132 cm³/mol. The van der Waals surface area contributed by atoms with Crippen LogP contribution < -0.4 is 5.32 Å². The summed E-state index contributed by atoms with van der Waals surface area (Å²) < 4.78 is 35.8. The van der Waals surface area contributed by atoms with Crippen molar-refractivity contribution >= 4 is 11.8 Å². The summed E-state index contributed by atoms with van der Waals surface area (Å²) in [4.78, 5) is 20.3. The minimum absolute atomic E-state index is 0.00924. The number of hydrogen-bond donors (Lipinski definition) is 1. The molecule has 1 aromatic heterocycles. The molecule has 1 spiro atoms. The molecular formula is C27H34F2N4O2. The molecule has 0 aliphatic carbocycles. The number of fused-ring (bicyclic) bond motifs is 1. The Morgan fingerprint density at radius 3 is 2.60 bits per heavy atom. The number of carbonyl (C=O) groups excluding carboxylic acids is 1. The van der Waals surface area contributed by atoms with Crippen LogP contribution in [0.3, 0.4) is 0 Å². The average molecular weight is 485 g/mol. The van der Waals surface area contributed by atoms with E-state index in [-0.39, 0.29) is 12.5 Å². The first-order valence-electron chi connectivity index (χ1n) is 12.4.